The van der Waals surface area contributed by atoms with Crippen LogP contribution in [-0.2, 0) is 4.79 Å². The van der Waals surface area contributed by atoms with Crippen LogP contribution in [0, 0.1) is 6.92 Å². The first-order valence-corrected chi connectivity index (χ1v) is 8.17. The molecule has 0 unspecified atom stereocenters. The number of hydrazine groups is 1. The van der Waals surface area contributed by atoms with Gasteiger partial charge in [0, 0.05) is 0 Å². The minimum absolute atomic E-state index is 0.0992. The molecule has 0 radical (unpaired) electrons. The number of rotatable bonds is 2. The number of guanidine groups is 2. The van der Waals surface area contributed by atoms with Crippen molar-refractivity contribution in [2.75, 3.05) is 4.90 Å². The van der Waals surface area contributed by atoms with Crippen LogP contribution in [0.3, 0.4) is 0 Å². The van der Waals surface area contributed by atoms with Crippen molar-refractivity contribution in [3.8, 4) is 0 Å². The molecule has 2 aliphatic rings. The predicted octanol–water partition coefficient (Wildman–Crippen LogP) is 2.98. The Morgan fingerprint density at radius 3 is 2.56 bits per heavy atom. The lowest BCUT2D eigenvalue weighted by Gasteiger charge is -2.17. The van der Waals surface area contributed by atoms with Crippen molar-refractivity contribution in [2.24, 2.45) is 9.98 Å². The number of benzene rings is 2. The standard InChI is InChI=1S/C19H19N5O/c1-13-8-7-9-14(12-13)20-17-22-24-16(25)19(2,3)21-18(24)23(17)15-10-5-4-6-11-15/h4-12H,1-3H3,(H,20,22). The van der Waals surface area contributed by atoms with Gasteiger partial charge in [-0.25, -0.2) is 14.9 Å². The Morgan fingerprint density at radius 1 is 1.08 bits per heavy atom. The van der Waals surface area contributed by atoms with Crippen molar-refractivity contribution in [3.05, 3.63) is 60.2 Å². The van der Waals surface area contributed by atoms with Gasteiger partial charge in [-0.3, -0.25) is 10.2 Å². The van der Waals surface area contributed by atoms with Gasteiger partial charge >= 0.3 is 0 Å². The molecule has 4 rings (SSSR count). The second kappa shape index (κ2) is 5.44. The molecule has 0 spiro atoms. The van der Waals surface area contributed by atoms with Crippen LogP contribution in [0.15, 0.2) is 64.6 Å². The number of hydrogen-bond donors (Lipinski definition) is 1. The second-order valence-corrected chi connectivity index (χ2v) is 6.67. The Morgan fingerprint density at radius 2 is 1.84 bits per heavy atom. The third-order valence-electron chi connectivity index (χ3n) is 4.18. The SMILES string of the molecule is Cc1cccc(N=C2NN3C(=O)C(C)(C)N=C3N2c2ccccc2)c1. The number of hydrogen-bond acceptors (Lipinski definition) is 3. The number of nitrogens with zero attached hydrogens (tertiary/aromatic N) is 4. The minimum Gasteiger partial charge on any atom is -0.270 e. The van der Waals surface area contributed by atoms with Crippen LogP contribution >= 0.6 is 0 Å². The summed E-state index contributed by atoms with van der Waals surface area (Å²) in [5.74, 6) is 1.00. The summed E-state index contributed by atoms with van der Waals surface area (Å²) >= 11 is 0. The number of fused-ring (bicyclic) bond motifs is 1. The first kappa shape index (κ1) is 15.4. The van der Waals surface area contributed by atoms with Crippen LogP contribution in [0.2, 0.25) is 0 Å². The number of aliphatic imine (C=N–C) groups is 2. The molecule has 2 aliphatic heterocycles. The van der Waals surface area contributed by atoms with Crippen molar-refractivity contribution in [1.29, 1.82) is 0 Å². The quantitative estimate of drug-likeness (QED) is 0.919. The van der Waals surface area contributed by atoms with Gasteiger partial charge in [-0.15, -0.1) is 0 Å². The van der Waals surface area contributed by atoms with E-state index in [0.29, 0.717) is 11.9 Å². The van der Waals surface area contributed by atoms with E-state index in [1.54, 1.807) is 0 Å². The largest absolute Gasteiger partial charge is 0.275 e. The van der Waals surface area contributed by atoms with Gasteiger partial charge in [0.25, 0.3) is 5.91 Å². The van der Waals surface area contributed by atoms with E-state index in [1.807, 2.05) is 80.3 Å². The molecule has 126 valence electrons. The van der Waals surface area contributed by atoms with Gasteiger partial charge in [-0.05, 0) is 50.6 Å². The summed E-state index contributed by atoms with van der Waals surface area (Å²) < 4.78 is 0. The molecule has 0 atom stereocenters. The summed E-state index contributed by atoms with van der Waals surface area (Å²) in [5.41, 5.74) is 5.16. The monoisotopic (exact) mass is 333 g/mol. The lowest BCUT2D eigenvalue weighted by Crippen LogP contribution is -2.44. The summed E-state index contributed by atoms with van der Waals surface area (Å²) in [6, 6.07) is 17.7. The fourth-order valence-electron chi connectivity index (χ4n) is 2.92. The summed E-state index contributed by atoms with van der Waals surface area (Å²) in [6.07, 6.45) is 0. The third kappa shape index (κ3) is 2.55. The summed E-state index contributed by atoms with van der Waals surface area (Å²) in [4.78, 5) is 23.8. The fourth-order valence-corrected chi connectivity index (χ4v) is 2.92. The molecular weight excluding hydrogens is 314 g/mol. The number of carbonyl (C=O) groups is 1. The average Bonchev–Trinajstić information content (AvgIpc) is 3.02. The summed E-state index contributed by atoms with van der Waals surface area (Å²) in [5, 5.41) is 1.47. The summed E-state index contributed by atoms with van der Waals surface area (Å²) in [7, 11) is 0. The van der Waals surface area contributed by atoms with Crippen LogP contribution in [0.25, 0.3) is 0 Å². The van der Waals surface area contributed by atoms with E-state index in [-0.39, 0.29) is 5.91 Å². The smallest absolute Gasteiger partial charge is 0.270 e. The van der Waals surface area contributed by atoms with Gasteiger partial charge in [-0.1, -0.05) is 30.3 Å². The maximum atomic E-state index is 12.6. The van der Waals surface area contributed by atoms with Gasteiger partial charge in [0.2, 0.25) is 11.9 Å². The Balaban J connectivity index is 1.83. The number of carbonyl (C=O) groups excluding carboxylic acids is 1. The molecule has 1 fully saturated rings. The fraction of sp³-hybridized carbons (Fsp3) is 0.211. The number of amides is 1. The molecule has 2 aromatic rings. The van der Waals surface area contributed by atoms with Crippen molar-refractivity contribution in [3.63, 3.8) is 0 Å². The van der Waals surface area contributed by atoms with Crippen LogP contribution in [0.1, 0.15) is 19.4 Å². The highest BCUT2D eigenvalue weighted by Gasteiger charge is 2.49. The first-order valence-electron chi connectivity index (χ1n) is 8.17. The molecule has 1 saturated heterocycles. The molecule has 6 nitrogen and oxygen atoms in total. The molecule has 1 N–H and O–H groups in total. The van der Waals surface area contributed by atoms with E-state index in [4.69, 9.17) is 4.99 Å². The highest BCUT2D eigenvalue weighted by molar-refractivity contribution is 6.28. The van der Waals surface area contributed by atoms with E-state index in [2.05, 4.69) is 10.4 Å². The molecule has 2 heterocycles. The maximum absolute atomic E-state index is 12.6. The second-order valence-electron chi connectivity index (χ2n) is 6.67. The zero-order valence-corrected chi connectivity index (χ0v) is 14.4. The average molecular weight is 333 g/mol. The highest BCUT2D eigenvalue weighted by atomic mass is 16.2. The van der Waals surface area contributed by atoms with Crippen molar-refractivity contribution < 1.29 is 4.79 Å². The van der Waals surface area contributed by atoms with Crippen LogP contribution in [0.5, 0.6) is 0 Å². The van der Waals surface area contributed by atoms with Crippen LogP contribution in [0.4, 0.5) is 11.4 Å². The number of aryl methyl sites for hydroxylation is 1. The molecule has 1 amide bonds. The zero-order valence-electron chi connectivity index (χ0n) is 14.4. The normalized spacial score (nSPS) is 19.9. The molecule has 25 heavy (non-hydrogen) atoms. The topological polar surface area (TPSA) is 60.3 Å². The van der Waals surface area contributed by atoms with Crippen LogP contribution in [-0.4, -0.2) is 28.4 Å². The van der Waals surface area contributed by atoms with E-state index in [0.717, 1.165) is 16.9 Å². The zero-order chi connectivity index (χ0) is 17.6. The van der Waals surface area contributed by atoms with E-state index in [1.165, 1.54) is 5.01 Å². The maximum Gasteiger partial charge on any atom is 0.275 e. The van der Waals surface area contributed by atoms with Crippen molar-refractivity contribution in [1.82, 2.24) is 10.4 Å². The number of anilines is 1. The van der Waals surface area contributed by atoms with Gasteiger partial charge in [-0.2, -0.15) is 5.01 Å². The van der Waals surface area contributed by atoms with E-state index >= 15 is 0 Å². The Labute approximate surface area is 146 Å². The van der Waals surface area contributed by atoms with E-state index in [9.17, 15) is 4.79 Å². The molecule has 6 heteroatoms. The van der Waals surface area contributed by atoms with Crippen LogP contribution < -0.4 is 10.3 Å². The Kier molecular flexibility index (Phi) is 3.35. The van der Waals surface area contributed by atoms with Gasteiger partial charge in [0.15, 0.2) is 0 Å². The lowest BCUT2D eigenvalue weighted by atomic mass is 10.1. The highest BCUT2D eigenvalue weighted by Crippen LogP contribution is 2.30. The molecule has 0 aliphatic carbocycles. The molecule has 0 bridgehead atoms. The molecule has 2 aromatic carbocycles. The van der Waals surface area contributed by atoms with Gasteiger partial charge in [0.05, 0.1) is 11.4 Å². The van der Waals surface area contributed by atoms with Gasteiger partial charge in [0.1, 0.15) is 5.54 Å². The van der Waals surface area contributed by atoms with Crippen molar-refractivity contribution in [2.45, 2.75) is 26.3 Å². The Bertz CT molecular complexity index is 901. The molecule has 0 saturated carbocycles. The van der Waals surface area contributed by atoms with Crippen molar-refractivity contribution >= 4 is 29.2 Å². The first-order chi connectivity index (χ1) is 12.0. The number of para-hydroxylation sites is 1. The third-order valence-corrected chi connectivity index (χ3v) is 4.18. The number of nitrogens with one attached hydrogen (secondary N) is 1. The minimum atomic E-state index is -0.787. The Hall–Kier alpha value is -3.15. The molecular formula is C19H19N5O. The van der Waals surface area contributed by atoms with Gasteiger partial charge < -0.3 is 0 Å². The van der Waals surface area contributed by atoms with E-state index < -0.39 is 5.54 Å². The molecule has 0 aromatic heterocycles. The predicted molar refractivity (Wildman–Crippen MR) is 98.7 cm³/mol. The lowest BCUT2D eigenvalue weighted by molar-refractivity contribution is -0.131. The summed E-state index contributed by atoms with van der Waals surface area (Å²) in [6.45, 7) is 5.64.